The van der Waals surface area contributed by atoms with Gasteiger partial charge in [-0.15, -0.1) is 0 Å². The van der Waals surface area contributed by atoms with E-state index in [9.17, 15) is 13.2 Å². The molecule has 0 bridgehead atoms. The molecule has 1 aliphatic heterocycles. The summed E-state index contributed by atoms with van der Waals surface area (Å²) in [6, 6.07) is 11.4. The smallest absolute Gasteiger partial charge is 0.255 e. The van der Waals surface area contributed by atoms with Crippen molar-refractivity contribution in [3.63, 3.8) is 0 Å². The van der Waals surface area contributed by atoms with Crippen LogP contribution in [-0.2, 0) is 10.0 Å². The number of rotatable bonds is 4. The highest BCUT2D eigenvalue weighted by Crippen LogP contribution is 2.28. The Morgan fingerprint density at radius 2 is 1.69 bits per heavy atom. The predicted octanol–water partition coefficient (Wildman–Crippen LogP) is 4.53. The summed E-state index contributed by atoms with van der Waals surface area (Å²) < 4.78 is 28.1. The summed E-state index contributed by atoms with van der Waals surface area (Å²) in [7, 11) is -3.71. The Kier molecular flexibility index (Phi) is 6.02. The highest BCUT2D eigenvalue weighted by Gasteiger charge is 2.28. The number of amides is 1. The maximum absolute atomic E-state index is 12.9. The van der Waals surface area contributed by atoms with Gasteiger partial charge < -0.3 is 5.32 Å². The van der Waals surface area contributed by atoms with Crippen LogP contribution in [0.25, 0.3) is 0 Å². The summed E-state index contributed by atoms with van der Waals surface area (Å²) in [5, 5.41) is 2.87. The van der Waals surface area contributed by atoms with Gasteiger partial charge in [0.25, 0.3) is 5.91 Å². The van der Waals surface area contributed by atoms with E-state index in [1.54, 1.807) is 12.1 Å². The van der Waals surface area contributed by atoms with Gasteiger partial charge in [-0.05, 0) is 55.3 Å². The maximum atomic E-state index is 12.9. The van der Waals surface area contributed by atoms with Gasteiger partial charge in [0.05, 0.1) is 5.02 Å². The van der Waals surface area contributed by atoms with Crippen molar-refractivity contribution in [3.8, 4) is 0 Å². The van der Waals surface area contributed by atoms with Crippen molar-refractivity contribution in [1.82, 2.24) is 4.31 Å². The topological polar surface area (TPSA) is 66.5 Å². The fourth-order valence-electron chi connectivity index (χ4n) is 2.82. The molecule has 26 heavy (non-hydrogen) atoms. The molecule has 0 aromatic heterocycles. The van der Waals surface area contributed by atoms with Crippen LogP contribution >= 0.6 is 27.5 Å². The zero-order chi connectivity index (χ0) is 18.7. The van der Waals surface area contributed by atoms with Gasteiger partial charge >= 0.3 is 0 Å². The number of sulfonamides is 1. The van der Waals surface area contributed by atoms with E-state index in [2.05, 4.69) is 21.2 Å². The summed E-state index contributed by atoms with van der Waals surface area (Å²) in [6.45, 7) is 0.960. The molecule has 0 aliphatic carbocycles. The molecule has 3 rings (SSSR count). The van der Waals surface area contributed by atoms with Crippen molar-refractivity contribution in [2.45, 2.75) is 24.2 Å². The minimum Gasteiger partial charge on any atom is -0.322 e. The lowest BCUT2D eigenvalue weighted by atomic mass is 10.2. The van der Waals surface area contributed by atoms with E-state index < -0.39 is 10.0 Å². The molecule has 1 amide bonds. The van der Waals surface area contributed by atoms with Crippen LogP contribution in [0.1, 0.15) is 29.6 Å². The number of nitrogens with zero attached hydrogens (tertiary/aromatic N) is 1. The largest absolute Gasteiger partial charge is 0.322 e. The third kappa shape index (κ3) is 4.28. The predicted molar refractivity (Wildman–Crippen MR) is 106 cm³/mol. The summed E-state index contributed by atoms with van der Waals surface area (Å²) in [4.78, 5) is 12.5. The van der Waals surface area contributed by atoms with Gasteiger partial charge in [-0.1, -0.05) is 34.0 Å². The summed E-state index contributed by atoms with van der Waals surface area (Å²) in [5.41, 5.74) is 0.862. The number of hydrogen-bond acceptors (Lipinski definition) is 3. The van der Waals surface area contributed by atoms with Crippen molar-refractivity contribution in [2.24, 2.45) is 0 Å². The number of carbonyl (C=O) groups is 1. The Bertz CT molecular complexity index is 911. The van der Waals surface area contributed by atoms with Crippen LogP contribution in [-0.4, -0.2) is 31.7 Å². The first kappa shape index (κ1) is 19.4. The monoisotopic (exact) mass is 456 g/mol. The van der Waals surface area contributed by atoms with Crippen LogP contribution in [0.2, 0.25) is 5.02 Å². The van der Waals surface area contributed by atoms with Gasteiger partial charge in [-0.3, -0.25) is 4.79 Å². The lowest BCUT2D eigenvalue weighted by molar-refractivity contribution is 0.102. The molecule has 0 radical (unpaired) electrons. The molecule has 1 fully saturated rings. The molecular weight excluding hydrogens is 440 g/mol. The molecule has 2 aromatic rings. The molecular formula is C18H18BrClN2O3S. The van der Waals surface area contributed by atoms with E-state index >= 15 is 0 Å². The molecule has 0 atom stereocenters. The number of hydrogen-bond donors (Lipinski definition) is 1. The van der Waals surface area contributed by atoms with Gasteiger partial charge in [0.2, 0.25) is 10.0 Å². The fraction of sp³-hybridized carbons (Fsp3) is 0.278. The highest BCUT2D eigenvalue weighted by atomic mass is 79.9. The number of anilines is 1. The Morgan fingerprint density at radius 3 is 2.35 bits per heavy atom. The molecule has 8 heteroatoms. The van der Waals surface area contributed by atoms with E-state index in [0.29, 0.717) is 18.8 Å². The summed E-state index contributed by atoms with van der Waals surface area (Å²) >= 11 is 9.47. The third-order valence-corrected chi connectivity index (χ3v) is 7.14. The molecule has 1 N–H and O–H groups in total. The Labute approximate surface area is 166 Å². The molecule has 0 spiro atoms. The number of halogens is 2. The molecule has 1 heterocycles. The van der Waals surface area contributed by atoms with Crippen molar-refractivity contribution in [2.75, 3.05) is 18.4 Å². The molecule has 1 saturated heterocycles. The van der Waals surface area contributed by atoms with Crippen LogP contribution in [0, 0.1) is 0 Å². The van der Waals surface area contributed by atoms with Gasteiger partial charge in [0.15, 0.2) is 0 Å². The maximum Gasteiger partial charge on any atom is 0.255 e. The molecule has 138 valence electrons. The van der Waals surface area contributed by atoms with Crippen LogP contribution in [0.5, 0.6) is 0 Å². The van der Waals surface area contributed by atoms with Crippen LogP contribution in [0.15, 0.2) is 51.8 Å². The zero-order valence-electron chi connectivity index (χ0n) is 13.9. The van der Waals surface area contributed by atoms with Crippen LogP contribution in [0.3, 0.4) is 0 Å². The van der Waals surface area contributed by atoms with Crippen molar-refractivity contribution >= 4 is 49.1 Å². The molecule has 0 unspecified atom stereocenters. The Balaban J connectivity index is 1.87. The number of nitrogens with one attached hydrogen (secondary N) is 1. The average Bonchev–Trinajstić information content (AvgIpc) is 2.64. The minimum atomic E-state index is -3.71. The lowest BCUT2D eigenvalue weighted by Gasteiger charge is -2.26. The van der Waals surface area contributed by atoms with Crippen molar-refractivity contribution in [3.05, 3.63) is 57.5 Å². The first-order valence-electron chi connectivity index (χ1n) is 8.24. The van der Waals surface area contributed by atoms with E-state index in [-0.39, 0.29) is 21.4 Å². The van der Waals surface area contributed by atoms with Gasteiger partial charge in [0, 0.05) is 28.8 Å². The third-order valence-electron chi connectivity index (χ3n) is 4.23. The SMILES string of the molecule is O=C(Nc1ccc(Br)cc1)c1ccc(Cl)c(S(=O)(=O)N2CCCCC2)c1. The fourth-order valence-corrected chi connectivity index (χ4v) is 5.10. The number of piperidine rings is 1. The normalized spacial score (nSPS) is 15.6. The lowest BCUT2D eigenvalue weighted by Crippen LogP contribution is -2.35. The van der Waals surface area contributed by atoms with Crippen LogP contribution in [0.4, 0.5) is 5.69 Å². The van der Waals surface area contributed by atoms with E-state index in [0.717, 1.165) is 23.7 Å². The second-order valence-electron chi connectivity index (χ2n) is 6.07. The van der Waals surface area contributed by atoms with Crippen molar-refractivity contribution < 1.29 is 13.2 Å². The average molecular weight is 458 g/mol. The quantitative estimate of drug-likeness (QED) is 0.733. The van der Waals surface area contributed by atoms with Gasteiger partial charge in [0.1, 0.15) is 4.90 Å². The standard InChI is InChI=1S/C18H18BrClN2O3S/c19-14-5-7-15(8-6-14)21-18(23)13-4-9-16(20)17(12-13)26(24,25)22-10-2-1-3-11-22/h4-9,12H,1-3,10-11H2,(H,21,23). The van der Waals surface area contributed by atoms with Crippen molar-refractivity contribution in [1.29, 1.82) is 0 Å². The van der Waals surface area contributed by atoms with E-state index in [1.165, 1.54) is 22.5 Å². The first-order chi connectivity index (χ1) is 12.4. The molecule has 1 aliphatic rings. The second-order valence-corrected chi connectivity index (χ2v) is 9.30. The van der Waals surface area contributed by atoms with E-state index in [4.69, 9.17) is 11.6 Å². The minimum absolute atomic E-state index is 0.0236. The highest BCUT2D eigenvalue weighted by molar-refractivity contribution is 9.10. The molecule has 0 saturated carbocycles. The summed E-state index contributed by atoms with van der Waals surface area (Å²) in [6.07, 6.45) is 2.69. The first-order valence-corrected chi connectivity index (χ1v) is 10.9. The van der Waals surface area contributed by atoms with E-state index in [1.807, 2.05) is 12.1 Å². The Hall–Kier alpha value is -1.41. The molecule has 5 nitrogen and oxygen atoms in total. The molecule has 2 aromatic carbocycles. The van der Waals surface area contributed by atoms with Gasteiger partial charge in [-0.2, -0.15) is 4.31 Å². The van der Waals surface area contributed by atoms with Crippen LogP contribution < -0.4 is 5.32 Å². The number of benzene rings is 2. The Morgan fingerprint density at radius 1 is 1.04 bits per heavy atom. The second kappa shape index (κ2) is 8.08. The number of carbonyl (C=O) groups excluding carboxylic acids is 1. The summed E-state index contributed by atoms with van der Waals surface area (Å²) in [5.74, 6) is -0.390. The zero-order valence-corrected chi connectivity index (χ0v) is 17.1. The van der Waals surface area contributed by atoms with Gasteiger partial charge in [-0.25, -0.2) is 8.42 Å².